The van der Waals surface area contributed by atoms with E-state index >= 15 is 0 Å². The van der Waals surface area contributed by atoms with E-state index in [2.05, 4.69) is 10.3 Å². The number of hydrogen-bond acceptors (Lipinski definition) is 4. The fourth-order valence-corrected chi connectivity index (χ4v) is 2.71. The van der Waals surface area contributed by atoms with Gasteiger partial charge in [0.25, 0.3) is 11.5 Å². The van der Waals surface area contributed by atoms with Crippen LogP contribution in [-0.2, 0) is 20.6 Å². The second-order valence-electron chi connectivity index (χ2n) is 5.59. The Hall–Kier alpha value is -2.93. The van der Waals surface area contributed by atoms with Crippen LogP contribution in [0.1, 0.15) is 16.1 Å². The first-order valence-corrected chi connectivity index (χ1v) is 7.85. The van der Waals surface area contributed by atoms with Gasteiger partial charge in [-0.05, 0) is 29.8 Å². The van der Waals surface area contributed by atoms with Crippen molar-refractivity contribution in [1.82, 2.24) is 19.4 Å². The van der Waals surface area contributed by atoms with Crippen LogP contribution in [0, 0.1) is 0 Å². The number of nitrogens with one attached hydrogen (secondary N) is 1. The van der Waals surface area contributed by atoms with Gasteiger partial charge in [0.2, 0.25) is 0 Å². The summed E-state index contributed by atoms with van der Waals surface area (Å²) in [7, 11) is 2.90. The topological polar surface area (TPSA) is 86.0 Å². The van der Waals surface area contributed by atoms with Gasteiger partial charge in [0.1, 0.15) is 11.3 Å². The minimum atomic E-state index is -0.499. The van der Waals surface area contributed by atoms with Gasteiger partial charge in [-0.2, -0.15) is 0 Å². The lowest BCUT2D eigenvalue weighted by molar-refractivity contribution is 0.0946. The summed E-state index contributed by atoms with van der Waals surface area (Å²) in [6, 6.07) is 10.1. The minimum absolute atomic E-state index is 0.123. The Morgan fingerprint density at radius 1 is 1.16 bits per heavy atom. The third-order valence-corrected chi connectivity index (χ3v) is 4.11. The van der Waals surface area contributed by atoms with Crippen molar-refractivity contribution in [2.45, 2.75) is 6.54 Å². The van der Waals surface area contributed by atoms with E-state index in [0.717, 1.165) is 10.1 Å². The van der Waals surface area contributed by atoms with Crippen LogP contribution in [0.25, 0.3) is 11.0 Å². The number of carbonyl (C=O) groups excluding carboxylic acids is 1. The smallest absolute Gasteiger partial charge is 0.332 e. The van der Waals surface area contributed by atoms with Crippen LogP contribution in [0.15, 0.2) is 46.0 Å². The molecule has 2 heterocycles. The highest BCUT2D eigenvalue weighted by Crippen LogP contribution is 2.11. The maximum atomic E-state index is 12.3. The first kappa shape index (κ1) is 16.9. The fraction of sp³-hybridized carbons (Fsp3) is 0.176. The van der Waals surface area contributed by atoms with E-state index in [0.29, 0.717) is 5.02 Å². The normalized spacial score (nSPS) is 10.8. The van der Waals surface area contributed by atoms with E-state index in [4.69, 9.17) is 11.6 Å². The quantitative estimate of drug-likeness (QED) is 0.762. The summed E-state index contributed by atoms with van der Waals surface area (Å²) in [5.41, 5.74) is 0.196. The molecule has 0 aliphatic carbocycles. The first-order valence-electron chi connectivity index (χ1n) is 7.48. The molecule has 0 aliphatic rings. The van der Waals surface area contributed by atoms with Gasteiger partial charge < -0.3 is 5.32 Å². The molecule has 1 aromatic carbocycles. The molecule has 1 amide bonds. The van der Waals surface area contributed by atoms with Crippen LogP contribution in [0.4, 0.5) is 0 Å². The molecule has 7 nitrogen and oxygen atoms in total. The van der Waals surface area contributed by atoms with Crippen LogP contribution >= 0.6 is 11.6 Å². The number of pyridine rings is 1. The highest BCUT2D eigenvalue weighted by molar-refractivity contribution is 6.30. The van der Waals surface area contributed by atoms with Gasteiger partial charge in [-0.1, -0.05) is 23.7 Å². The number of nitrogens with zero attached hydrogens (tertiary/aromatic N) is 3. The lowest BCUT2D eigenvalue weighted by atomic mass is 10.2. The second-order valence-corrected chi connectivity index (χ2v) is 6.02. The Kier molecular flexibility index (Phi) is 4.41. The number of benzene rings is 1. The van der Waals surface area contributed by atoms with Gasteiger partial charge in [-0.15, -0.1) is 0 Å². The number of aryl methyl sites for hydroxylation is 1. The standard InChI is InChI=1S/C17H15ClN4O3/c1-21-14-12(16(24)22(2)17(21)25)6-7-13(20-14)15(23)19-9-10-4-3-5-11(18)8-10/h3-8H,9H2,1-2H3,(H,19,23). The van der Waals surface area contributed by atoms with Gasteiger partial charge in [0.15, 0.2) is 0 Å². The third kappa shape index (κ3) is 3.18. The zero-order valence-electron chi connectivity index (χ0n) is 13.6. The van der Waals surface area contributed by atoms with Crippen molar-refractivity contribution in [1.29, 1.82) is 0 Å². The van der Waals surface area contributed by atoms with E-state index < -0.39 is 17.2 Å². The molecule has 25 heavy (non-hydrogen) atoms. The molecule has 0 spiro atoms. The number of fused-ring (bicyclic) bond motifs is 1. The number of amides is 1. The van der Waals surface area contributed by atoms with Crippen molar-refractivity contribution < 1.29 is 4.79 Å². The van der Waals surface area contributed by atoms with Gasteiger partial charge in [0.05, 0.1) is 5.39 Å². The Morgan fingerprint density at radius 3 is 2.64 bits per heavy atom. The molecule has 0 fully saturated rings. The van der Waals surface area contributed by atoms with Crippen molar-refractivity contribution in [3.05, 3.63) is 73.5 Å². The van der Waals surface area contributed by atoms with Gasteiger partial charge in [-0.25, -0.2) is 9.78 Å². The van der Waals surface area contributed by atoms with Crippen LogP contribution in [0.2, 0.25) is 5.02 Å². The molecule has 0 atom stereocenters. The summed E-state index contributed by atoms with van der Waals surface area (Å²) >= 11 is 5.91. The molecule has 0 bridgehead atoms. The zero-order valence-corrected chi connectivity index (χ0v) is 14.4. The minimum Gasteiger partial charge on any atom is -0.347 e. The molecule has 1 N–H and O–H groups in total. The number of carbonyl (C=O) groups is 1. The van der Waals surface area contributed by atoms with E-state index in [1.807, 2.05) is 6.07 Å². The van der Waals surface area contributed by atoms with E-state index in [1.165, 1.54) is 30.8 Å². The van der Waals surface area contributed by atoms with E-state index in [9.17, 15) is 14.4 Å². The third-order valence-electron chi connectivity index (χ3n) is 3.88. The highest BCUT2D eigenvalue weighted by Gasteiger charge is 2.13. The largest absolute Gasteiger partial charge is 0.347 e. The molecule has 2 aromatic heterocycles. The van der Waals surface area contributed by atoms with Crippen molar-refractivity contribution in [2.75, 3.05) is 0 Å². The molecule has 0 aliphatic heterocycles. The lowest BCUT2D eigenvalue weighted by Crippen LogP contribution is -2.37. The van der Waals surface area contributed by atoms with Crippen LogP contribution in [0.5, 0.6) is 0 Å². The summed E-state index contributed by atoms with van der Waals surface area (Å²) in [4.78, 5) is 40.6. The van der Waals surface area contributed by atoms with Crippen molar-refractivity contribution in [3.8, 4) is 0 Å². The SMILES string of the molecule is Cn1c(=O)c2ccc(C(=O)NCc3cccc(Cl)c3)nc2n(C)c1=O. The first-order chi connectivity index (χ1) is 11.9. The monoisotopic (exact) mass is 358 g/mol. The van der Waals surface area contributed by atoms with E-state index in [-0.39, 0.29) is 23.3 Å². The summed E-state index contributed by atoms with van der Waals surface area (Å²) in [6.45, 7) is 0.286. The van der Waals surface area contributed by atoms with Crippen molar-refractivity contribution >= 4 is 28.5 Å². The summed E-state index contributed by atoms with van der Waals surface area (Å²) in [5, 5.41) is 3.60. The predicted molar refractivity (Wildman–Crippen MR) is 94.8 cm³/mol. The van der Waals surface area contributed by atoms with Crippen LogP contribution < -0.4 is 16.6 Å². The number of halogens is 1. The maximum absolute atomic E-state index is 12.3. The predicted octanol–water partition coefficient (Wildman–Crippen LogP) is 1.22. The maximum Gasteiger partial charge on any atom is 0.332 e. The average Bonchev–Trinajstić information content (AvgIpc) is 2.62. The molecule has 0 saturated carbocycles. The molecule has 3 aromatic rings. The van der Waals surface area contributed by atoms with E-state index in [1.54, 1.807) is 18.2 Å². The summed E-state index contributed by atoms with van der Waals surface area (Å²) < 4.78 is 2.24. The second kappa shape index (κ2) is 6.52. The van der Waals surface area contributed by atoms with Crippen molar-refractivity contribution in [2.24, 2.45) is 14.1 Å². The number of aromatic nitrogens is 3. The van der Waals surface area contributed by atoms with Gasteiger partial charge >= 0.3 is 5.69 Å². The average molecular weight is 359 g/mol. The number of rotatable bonds is 3. The molecule has 8 heteroatoms. The van der Waals surface area contributed by atoms with Gasteiger partial charge in [0, 0.05) is 25.7 Å². The Bertz CT molecular complexity index is 1100. The van der Waals surface area contributed by atoms with Crippen LogP contribution in [-0.4, -0.2) is 20.0 Å². The number of hydrogen-bond donors (Lipinski definition) is 1. The lowest BCUT2D eigenvalue weighted by Gasteiger charge is -2.09. The summed E-state index contributed by atoms with van der Waals surface area (Å²) in [5.74, 6) is -0.407. The molecule has 0 saturated heterocycles. The molecule has 128 valence electrons. The highest BCUT2D eigenvalue weighted by atomic mass is 35.5. The molecule has 0 radical (unpaired) electrons. The van der Waals surface area contributed by atoms with Crippen molar-refractivity contribution in [3.63, 3.8) is 0 Å². The Labute approximate surface area is 147 Å². The molecular formula is C17H15ClN4O3. The zero-order chi connectivity index (χ0) is 18.1. The summed E-state index contributed by atoms with van der Waals surface area (Å²) in [6.07, 6.45) is 0. The Balaban J connectivity index is 1.92. The fourth-order valence-electron chi connectivity index (χ4n) is 2.50. The molecular weight excluding hydrogens is 344 g/mol. The molecule has 0 unspecified atom stereocenters. The van der Waals surface area contributed by atoms with Gasteiger partial charge in [-0.3, -0.25) is 18.7 Å². The Morgan fingerprint density at radius 2 is 1.92 bits per heavy atom. The molecule has 3 rings (SSSR count). The van der Waals surface area contributed by atoms with Crippen LogP contribution in [0.3, 0.4) is 0 Å².